The van der Waals surface area contributed by atoms with Gasteiger partial charge >= 0.3 is 12.1 Å². The molecule has 7 nitrogen and oxygen atoms in total. The molecule has 3 N–H and O–H groups in total. The Morgan fingerprint density at radius 3 is 2.29 bits per heavy atom. The van der Waals surface area contributed by atoms with Crippen LogP contribution in [0.2, 0.25) is 0 Å². The number of aliphatic carboxylic acids is 1. The Hall–Kier alpha value is -3.35. The third-order valence-corrected chi connectivity index (χ3v) is 7.11. The molecule has 2 amide bonds. The van der Waals surface area contributed by atoms with Crippen molar-refractivity contribution in [1.82, 2.24) is 10.6 Å². The molecule has 2 aromatic rings. The maximum atomic E-state index is 12.7. The SMILES string of the molecule is CC1CCCC(NC(=O)C(C)CNC(=O)OCC2c3ccccc3-c3ccccc32)(C(=O)O)C1. The molecule has 2 aromatic carbocycles. The molecule has 2 aliphatic carbocycles. The first-order valence-electron chi connectivity index (χ1n) is 11.9. The highest BCUT2D eigenvalue weighted by atomic mass is 16.5. The van der Waals surface area contributed by atoms with Gasteiger partial charge in [-0.25, -0.2) is 9.59 Å². The maximum absolute atomic E-state index is 12.7. The van der Waals surface area contributed by atoms with Crippen LogP contribution >= 0.6 is 0 Å². The van der Waals surface area contributed by atoms with Gasteiger partial charge in [0.1, 0.15) is 12.1 Å². The van der Waals surface area contributed by atoms with Crippen LogP contribution in [-0.4, -0.2) is 41.8 Å². The van der Waals surface area contributed by atoms with Crippen LogP contribution in [0.1, 0.15) is 56.6 Å². The van der Waals surface area contributed by atoms with Crippen molar-refractivity contribution in [2.75, 3.05) is 13.2 Å². The van der Waals surface area contributed by atoms with E-state index in [1.54, 1.807) is 6.92 Å². The van der Waals surface area contributed by atoms with Gasteiger partial charge in [0.05, 0.1) is 5.92 Å². The van der Waals surface area contributed by atoms with E-state index in [9.17, 15) is 19.5 Å². The van der Waals surface area contributed by atoms with Gasteiger partial charge < -0.3 is 20.5 Å². The number of rotatable bonds is 7. The summed E-state index contributed by atoms with van der Waals surface area (Å²) < 4.78 is 5.52. The summed E-state index contributed by atoms with van der Waals surface area (Å²) in [5, 5.41) is 15.2. The van der Waals surface area contributed by atoms with Gasteiger partial charge in [-0.15, -0.1) is 0 Å². The number of alkyl carbamates (subject to hydrolysis) is 1. The van der Waals surface area contributed by atoms with Crippen molar-refractivity contribution in [2.45, 2.75) is 51.0 Å². The Bertz CT molecular complexity index is 1040. The summed E-state index contributed by atoms with van der Waals surface area (Å²) in [6.45, 7) is 3.93. The van der Waals surface area contributed by atoms with Crippen molar-refractivity contribution in [2.24, 2.45) is 11.8 Å². The zero-order chi connectivity index (χ0) is 24.3. The molecule has 180 valence electrons. The molecule has 0 aliphatic heterocycles. The molecule has 0 saturated heterocycles. The summed E-state index contributed by atoms with van der Waals surface area (Å²) in [5.74, 6) is -1.77. The molecule has 0 radical (unpaired) electrons. The van der Waals surface area contributed by atoms with Gasteiger partial charge in [-0.2, -0.15) is 0 Å². The van der Waals surface area contributed by atoms with Crippen molar-refractivity contribution in [3.05, 3.63) is 59.7 Å². The van der Waals surface area contributed by atoms with E-state index >= 15 is 0 Å². The van der Waals surface area contributed by atoms with Crippen molar-refractivity contribution in [1.29, 1.82) is 0 Å². The molecule has 4 rings (SSSR count). The zero-order valence-corrected chi connectivity index (χ0v) is 19.7. The van der Waals surface area contributed by atoms with Gasteiger partial charge in [-0.1, -0.05) is 75.2 Å². The van der Waals surface area contributed by atoms with E-state index in [1.807, 2.05) is 31.2 Å². The summed E-state index contributed by atoms with van der Waals surface area (Å²) in [7, 11) is 0. The van der Waals surface area contributed by atoms with Crippen LogP contribution in [0.15, 0.2) is 48.5 Å². The molecule has 1 saturated carbocycles. The van der Waals surface area contributed by atoms with Crippen molar-refractivity contribution < 1.29 is 24.2 Å². The molecule has 34 heavy (non-hydrogen) atoms. The second-order valence-corrected chi connectivity index (χ2v) is 9.69. The van der Waals surface area contributed by atoms with Crippen LogP contribution in [-0.2, 0) is 14.3 Å². The highest BCUT2D eigenvalue weighted by molar-refractivity contribution is 5.88. The number of ether oxygens (including phenoxy) is 1. The maximum Gasteiger partial charge on any atom is 0.407 e. The molecule has 3 unspecified atom stereocenters. The van der Waals surface area contributed by atoms with Crippen LogP contribution in [0.4, 0.5) is 4.79 Å². The summed E-state index contributed by atoms with van der Waals surface area (Å²) in [6, 6.07) is 16.2. The first-order valence-corrected chi connectivity index (χ1v) is 11.9. The van der Waals surface area contributed by atoms with Crippen molar-refractivity contribution in [3.8, 4) is 11.1 Å². The minimum absolute atomic E-state index is 0.0393. The number of amides is 2. The zero-order valence-electron chi connectivity index (χ0n) is 19.7. The first-order chi connectivity index (χ1) is 16.3. The van der Waals surface area contributed by atoms with Gasteiger partial charge in [0.2, 0.25) is 5.91 Å². The van der Waals surface area contributed by atoms with Gasteiger partial charge in [-0.3, -0.25) is 4.79 Å². The van der Waals surface area contributed by atoms with E-state index in [4.69, 9.17) is 4.74 Å². The Balaban J connectivity index is 1.30. The fourth-order valence-corrected chi connectivity index (χ4v) is 5.25. The van der Waals surface area contributed by atoms with E-state index in [0.717, 1.165) is 35.1 Å². The molecular weight excluding hydrogens is 432 g/mol. The van der Waals surface area contributed by atoms with Gasteiger partial charge in [-0.05, 0) is 41.0 Å². The topological polar surface area (TPSA) is 105 Å². The highest BCUT2D eigenvalue weighted by Gasteiger charge is 2.43. The lowest BCUT2D eigenvalue weighted by Gasteiger charge is -2.37. The molecular formula is C27H32N2O5. The summed E-state index contributed by atoms with van der Waals surface area (Å²) in [6.07, 6.45) is 1.97. The number of carbonyl (C=O) groups is 3. The minimum Gasteiger partial charge on any atom is -0.480 e. The van der Waals surface area contributed by atoms with Crippen molar-refractivity contribution in [3.63, 3.8) is 0 Å². The second kappa shape index (κ2) is 9.87. The number of hydrogen-bond acceptors (Lipinski definition) is 4. The summed E-state index contributed by atoms with van der Waals surface area (Å²) >= 11 is 0. The molecule has 0 aromatic heterocycles. The monoisotopic (exact) mass is 464 g/mol. The number of carboxylic acids is 1. The molecule has 1 fully saturated rings. The lowest BCUT2D eigenvalue weighted by molar-refractivity contribution is -0.150. The van der Waals surface area contributed by atoms with E-state index in [-0.39, 0.29) is 30.9 Å². The highest BCUT2D eigenvalue weighted by Crippen LogP contribution is 2.44. The number of hydrogen-bond donors (Lipinski definition) is 3. The average Bonchev–Trinajstić information content (AvgIpc) is 3.14. The Morgan fingerprint density at radius 1 is 1.09 bits per heavy atom. The standard InChI is InChI=1S/C27H32N2O5/c1-17-8-7-13-27(14-17,25(31)32)29-24(30)18(2)15-28-26(33)34-16-23-21-11-5-3-9-19(21)20-10-4-6-12-22(20)23/h3-6,9-12,17-18,23H,7-8,13-16H2,1-2H3,(H,28,33)(H,29,30)(H,31,32). The first kappa shape index (κ1) is 23.8. The van der Waals surface area contributed by atoms with Crippen LogP contribution in [0, 0.1) is 11.8 Å². The molecule has 0 bridgehead atoms. The van der Waals surface area contributed by atoms with Crippen LogP contribution in [0.5, 0.6) is 0 Å². The second-order valence-electron chi connectivity index (χ2n) is 9.69. The van der Waals surface area contributed by atoms with E-state index < -0.39 is 23.5 Å². The summed E-state index contributed by atoms with van der Waals surface area (Å²) in [5.41, 5.74) is 3.34. The Labute approximate surface area is 199 Å². The molecule has 2 aliphatic rings. The number of nitrogens with one attached hydrogen (secondary N) is 2. The molecule has 0 spiro atoms. The van der Waals surface area contributed by atoms with Crippen LogP contribution in [0.3, 0.4) is 0 Å². The van der Waals surface area contributed by atoms with E-state index in [0.29, 0.717) is 12.8 Å². The number of carboxylic acid groups (broad SMARTS) is 1. The van der Waals surface area contributed by atoms with Gasteiger partial charge in [0.15, 0.2) is 0 Å². The Kier molecular flexibility index (Phi) is 6.91. The largest absolute Gasteiger partial charge is 0.480 e. The lowest BCUT2D eigenvalue weighted by atomic mass is 9.76. The molecule has 0 heterocycles. The number of benzene rings is 2. The predicted molar refractivity (Wildman–Crippen MR) is 128 cm³/mol. The van der Waals surface area contributed by atoms with Gasteiger partial charge in [0, 0.05) is 12.5 Å². The molecule has 7 heteroatoms. The third kappa shape index (κ3) is 4.79. The Morgan fingerprint density at radius 2 is 1.71 bits per heavy atom. The average molecular weight is 465 g/mol. The smallest absolute Gasteiger partial charge is 0.407 e. The van der Waals surface area contributed by atoms with E-state index in [1.165, 1.54) is 0 Å². The quantitative estimate of drug-likeness (QED) is 0.566. The third-order valence-electron chi connectivity index (χ3n) is 7.11. The predicted octanol–water partition coefficient (Wildman–Crippen LogP) is 4.31. The van der Waals surface area contributed by atoms with Crippen LogP contribution < -0.4 is 10.6 Å². The minimum atomic E-state index is -1.23. The fraction of sp³-hybridized carbons (Fsp3) is 0.444. The lowest BCUT2D eigenvalue weighted by Crippen LogP contribution is -2.58. The normalized spacial score (nSPS) is 22.2. The van der Waals surface area contributed by atoms with Crippen LogP contribution in [0.25, 0.3) is 11.1 Å². The summed E-state index contributed by atoms with van der Waals surface area (Å²) in [4.78, 5) is 37.0. The van der Waals surface area contributed by atoms with Gasteiger partial charge in [0.25, 0.3) is 0 Å². The molecule has 3 atom stereocenters. The fourth-order valence-electron chi connectivity index (χ4n) is 5.25. The van der Waals surface area contributed by atoms with E-state index in [2.05, 4.69) is 34.9 Å². The number of fused-ring (bicyclic) bond motifs is 3. The van der Waals surface area contributed by atoms with Crippen molar-refractivity contribution >= 4 is 18.0 Å². The number of carbonyl (C=O) groups excluding carboxylic acids is 2.